The summed E-state index contributed by atoms with van der Waals surface area (Å²) >= 11 is 0. The van der Waals surface area contributed by atoms with Crippen molar-refractivity contribution in [3.8, 4) is 11.6 Å². The fourth-order valence-corrected chi connectivity index (χ4v) is 1.77. The number of rotatable bonds is 5. The average molecular weight is 247 g/mol. The van der Waals surface area contributed by atoms with Crippen LogP contribution in [0, 0.1) is 0 Å². The van der Waals surface area contributed by atoms with E-state index in [0.29, 0.717) is 18.8 Å². The average Bonchev–Trinajstić information content (AvgIpc) is 2.72. The van der Waals surface area contributed by atoms with Crippen LogP contribution in [0.15, 0.2) is 30.3 Å². The zero-order valence-electron chi connectivity index (χ0n) is 10.6. The summed E-state index contributed by atoms with van der Waals surface area (Å²) in [6.45, 7) is 1.23. The number of phenols is 1. The van der Waals surface area contributed by atoms with Gasteiger partial charge in [0, 0.05) is 31.8 Å². The second-order valence-electron chi connectivity index (χ2n) is 4.03. The van der Waals surface area contributed by atoms with Crippen molar-refractivity contribution in [3.63, 3.8) is 0 Å². The number of nitrogens with zero attached hydrogens (tertiary/aromatic N) is 2. The fraction of sp³-hybridized carbons (Fsp3) is 0.308. The number of hydrogen-bond donors (Lipinski definition) is 2. The van der Waals surface area contributed by atoms with E-state index in [0.717, 1.165) is 17.1 Å². The highest BCUT2D eigenvalue weighted by Gasteiger charge is 2.05. The van der Waals surface area contributed by atoms with Crippen molar-refractivity contribution in [1.82, 2.24) is 15.1 Å². The van der Waals surface area contributed by atoms with Gasteiger partial charge in [-0.2, -0.15) is 5.10 Å². The second kappa shape index (κ2) is 5.55. The SMILES string of the molecule is COc1cc(CNCc2ccccc2O)nn1C. The molecule has 0 unspecified atom stereocenters. The summed E-state index contributed by atoms with van der Waals surface area (Å²) in [5, 5.41) is 17.1. The van der Waals surface area contributed by atoms with Gasteiger partial charge in [0.05, 0.1) is 12.8 Å². The third-order valence-electron chi connectivity index (χ3n) is 2.71. The maximum Gasteiger partial charge on any atom is 0.211 e. The lowest BCUT2D eigenvalue weighted by molar-refractivity contribution is 0.373. The third kappa shape index (κ3) is 2.81. The highest BCUT2D eigenvalue weighted by Crippen LogP contribution is 2.15. The molecule has 5 nitrogen and oxygen atoms in total. The van der Waals surface area contributed by atoms with Gasteiger partial charge in [0.1, 0.15) is 5.75 Å². The monoisotopic (exact) mass is 247 g/mol. The van der Waals surface area contributed by atoms with E-state index in [2.05, 4.69) is 10.4 Å². The molecule has 5 heteroatoms. The highest BCUT2D eigenvalue weighted by molar-refractivity contribution is 5.31. The Morgan fingerprint density at radius 2 is 2.11 bits per heavy atom. The van der Waals surface area contributed by atoms with E-state index >= 15 is 0 Å². The number of hydrogen-bond acceptors (Lipinski definition) is 4. The summed E-state index contributed by atoms with van der Waals surface area (Å²) in [5.41, 5.74) is 1.78. The van der Waals surface area contributed by atoms with Crippen LogP contribution in [0.25, 0.3) is 0 Å². The number of benzene rings is 1. The molecule has 0 spiro atoms. The second-order valence-corrected chi connectivity index (χ2v) is 4.03. The fourth-order valence-electron chi connectivity index (χ4n) is 1.77. The molecule has 0 aliphatic rings. The zero-order valence-corrected chi connectivity index (χ0v) is 10.6. The Kier molecular flexibility index (Phi) is 3.84. The van der Waals surface area contributed by atoms with E-state index in [9.17, 15) is 5.11 Å². The minimum atomic E-state index is 0.309. The van der Waals surface area contributed by atoms with Crippen LogP contribution >= 0.6 is 0 Å². The third-order valence-corrected chi connectivity index (χ3v) is 2.71. The van der Waals surface area contributed by atoms with E-state index < -0.39 is 0 Å². The summed E-state index contributed by atoms with van der Waals surface area (Å²) in [6, 6.07) is 9.17. The number of para-hydroxylation sites is 1. The summed E-state index contributed by atoms with van der Waals surface area (Å²) < 4.78 is 6.83. The molecule has 0 amide bonds. The molecule has 1 aromatic heterocycles. The highest BCUT2D eigenvalue weighted by atomic mass is 16.5. The van der Waals surface area contributed by atoms with Gasteiger partial charge in [-0.15, -0.1) is 0 Å². The van der Waals surface area contributed by atoms with Crippen molar-refractivity contribution in [2.75, 3.05) is 7.11 Å². The minimum absolute atomic E-state index is 0.309. The Balaban J connectivity index is 1.90. The molecule has 0 aliphatic heterocycles. The van der Waals surface area contributed by atoms with Crippen LogP contribution < -0.4 is 10.1 Å². The summed E-state index contributed by atoms with van der Waals surface area (Å²) in [6.07, 6.45) is 0. The smallest absolute Gasteiger partial charge is 0.211 e. The summed E-state index contributed by atoms with van der Waals surface area (Å²) in [7, 11) is 3.46. The van der Waals surface area contributed by atoms with Crippen molar-refractivity contribution in [2.45, 2.75) is 13.1 Å². The predicted molar refractivity (Wildman–Crippen MR) is 68.4 cm³/mol. The van der Waals surface area contributed by atoms with E-state index in [1.807, 2.05) is 31.3 Å². The Hall–Kier alpha value is -2.01. The van der Waals surface area contributed by atoms with Gasteiger partial charge in [-0.3, -0.25) is 0 Å². The van der Waals surface area contributed by atoms with Crippen molar-refractivity contribution in [2.24, 2.45) is 7.05 Å². The van der Waals surface area contributed by atoms with Gasteiger partial charge in [-0.1, -0.05) is 18.2 Å². The van der Waals surface area contributed by atoms with Crippen LogP contribution in [-0.4, -0.2) is 22.0 Å². The topological polar surface area (TPSA) is 59.3 Å². The molecule has 2 aromatic rings. The van der Waals surface area contributed by atoms with Crippen LogP contribution in [0.2, 0.25) is 0 Å². The molecule has 18 heavy (non-hydrogen) atoms. The molecule has 0 atom stereocenters. The normalized spacial score (nSPS) is 10.6. The molecule has 0 saturated carbocycles. The van der Waals surface area contributed by atoms with Crippen LogP contribution in [0.3, 0.4) is 0 Å². The number of nitrogens with one attached hydrogen (secondary N) is 1. The predicted octanol–water partition coefficient (Wildman–Crippen LogP) is 1.42. The minimum Gasteiger partial charge on any atom is -0.508 e. The van der Waals surface area contributed by atoms with Crippen molar-refractivity contribution in [1.29, 1.82) is 0 Å². The molecular weight excluding hydrogens is 230 g/mol. The largest absolute Gasteiger partial charge is 0.508 e. The Labute approximate surface area is 106 Å². The molecule has 0 bridgehead atoms. The standard InChI is InChI=1S/C13H17N3O2/c1-16-13(18-2)7-11(15-16)9-14-8-10-5-3-4-6-12(10)17/h3-7,14,17H,8-9H2,1-2H3. The Morgan fingerprint density at radius 1 is 1.33 bits per heavy atom. The van der Waals surface area contributed by atoms with Gasteiger partial charge in [0.2, 0.25) is 5.88 Å². The van der Waals surface area contributed by atoms with Crippen molar-refractivity contribution < 1.29 is 9.84 Å². The van der Waals surface area contributed by atoms with Crippen LogP contribution in [0.4, 0.5) is 0 Å². The number of aromatic nitrogens is 2. The number of phenolic OH excluding ortho intramolecular Hbond substituents is 1. The molecule has 1 aromatic carbocycles. The lowest BCUT2D eigenvalue weighted by Crippen LogP contribution is -2.13. The van der Waals surface area contributed by atoms with Crippen LogP contribution in [0.1, 0.15) is 11.3 Å². The quantitative estimate of drug-likeness (QED) is 0.839. The van der Waals surface area contributed by atoms with Gasteiger partial charge >= 0.3 is 0 Å². The Morgan fingerprint density at radius 3 is 2.78 bits per heavy atom. The van der Waals surface area contributed by atoms with Crippen LogP contribution in [0.5, 0.6) is 11.6 Å². The zero-order chi connectivity index (χ0) is 13.0. The summed E-state index contributed by atoms with van der Waals surface area (Å²) in [4.78, 5) is 0. The summed E-state index contributed by atoms with van der Waals surface area (Å²) in [5.74, 6) is 1.04. The van der Waals surface area contributed by atoms with Gasteiger partial charge < -0.3 is 15.2 Å². The lowest BCUT2D eigenvalue weighted by atomic mass is 10.2. The van der Waals surface area contributed by atoms with Crippen molar-refractivity contribution in [3.05, 3.63) is 41.6 Å². The number of aromatic hydroxyl groups is 1. The first-order valence-corrected chi connectivity index (χ1v) is 5.75. The number of methoxy groups -OCH3 is 1. The number of ether oxygens (including phenoxy) is 1. The van der Waals surface area contributed by atoms with E-state index in [1.165, 1.54) is 0 Å². The molecule has 2 rings (SSSR count). The van der Waals surface area contributed by atoms with E-state index in [1.54, 1.807) is 17.9 Å². The molecule has 0 saturated heterocycles. The first-order chi connectivity index (χ1) is 8.70. The molecule has 1 heterocycles. The van der Waals surface area contributed by atoms with E-state index in [4.69, 9.17) is 4.74 Å². The first-order valence-electron chi connectivity index (χ1n) is 5.75. The van der Waals surface area contributed by atoms with Gasteiger partial charge in [0.15, 0.2) is 0 Å². The maximum absolute atomic E-state index is 9.61. The first kappa shape index (κ1) is 12.4. The Bertz CT molecular complexity index is 523. The molecule has 0 aliphatic carbocycles. The van der Waals surface area contributed by atoms with Crippen LogP contribution in [-0.2, 0) is 20.1 Å². The maximum atomic E-state index is 9.61. The van der Waals surface area contributed by atoms with Gasteiger partial charge in [-0.05, 0) is 6.07 Å². The lowest BCUT2D eigenvalue weighted by Gasteiger charge is -2.04. The molecule has 96 valence electrons. The van der Waals surface area contributed by atoms with Gasteiger partial charge in [0.25, 0.3) is 0 Å². The molecule has 0 fully saturated rings. The molecule has 2 N–H and O–H groups in total. The molecular formula is C13H17N3O2. The number of aryl methyl sites for hydroxylation is 1. The van der Waals surface area contributed by atoms with Crippen molar-refractivity contribution >= 4 is 0 Å². The van der Waals surface area contributed by atoms with Gasteiger partial charge in [-0.25, -0.2) is 4.68 Å². The molecule has 0 radical (unpaired) electrons. The van der Waals surface area contributed by atoms with E-state index in [-0.39, 0.29) is 0 Å².